The zero-order chi connectivity index (χ0) is 28.9. The highest BCUT2D eigenvalue weighted by Crippen LogP contribution is 2.65. The Bertz CT molecular complexity index is 1270. The maximum Gasteiger partial charge on any atom is 0.481 e. The van der Waals surface area contributed by atoms with E-state index in [1.165, 1.54) is 6.42 Å². The van der Waals surface area contributed by atoms with E-state index in [0.717, 1.165) is 48.6 Å². The zero-order valence-corrected chi connectivity index (χ0v) is 25.2. The van der Waals surface area contributed by atoms with Crippen LogP contribution in [0.4, 0.5) is 4.79 Å². The van der Waals surface area contributed by atoms with Crippen LogP contribution in [0.1, 0.15) is 85.1 Å². The lowest BCUT2D eigenvalue weighted by Crippen LogP contribution is -2.65. The Morgan fingerprint density at radius 2 is 1.88 bits per heavy atom. The van der Waals surface area contributed by atoms with Gasteiger partial charge in [-0.15, -0.1) is 0 Å². The second kappa shape index (κ2) is 11.0. The summed E-state index contributed by atoms with van der Waals surface area (Å²) in [7, 11) is -0.523. The van der Waals surface area contributed by atoms with Crippen molar-refractivity contribution in [3.8, 4) is 0 Å². The van der Waals surface area contributed by atoms with Crippen molar-refractivity contribution >= 4 is 30.0 Å². The number of aromatic amines is 1. The van der Waals surface area contributed by atoms with Crippen LogP contribution in [0.5, 0.6) is 0 Å². The Hall–Kier alpha value is -2.52. The molecule has 222 valence electrons. The summed E-state index contributed by atoms with van der Waals surface area (Å²) in [5, 5.41) is 7.20. The van der Waals surface area contributed by atoms with Crippen LogP contribution < -0.4 is 10.6 Å². The van der Waals surface area contributed by atoms with Crippen molar-refractivity contribution in [1.82, 2.24) is 15.6 Å². The number of nitrogens with one attached hydrogen (secondary N) is 3. The molecule has 1 aliphatic heterocycles. The van der Waals surface area contributed by atoms with Gasteiger partial charge in [0.2, 0.25) is 5.91 Å². The van der Waals surface area contributed by atoms with E-state index in [4.69, 9.17) is 14.0 Å². The van der Waals surface area contributed by atoms with Gasteiger partial charge in [0.25, 0.3) is 0 Å². The molecule has 1 aromatic heterocycles. The number of hydrogen-bond donors (Lipinski definition) is 3. The number of alkyl carbamates (subject to hydrolysis) is 1. The van der Waals surface area contributed by atoms with Gasteiger partial charge in [-0.25, -0.2) is 4.79 Å². The van der Waals surface area contributed by atoms with Crippen molar-refractivity contribution in [3.05, 3.63) is 36.0 Å². The van der Waals surface area contributed by atoms with Gasteiger partial charge in [0.1, 0.15) is 12.1 Å². The molecule has 6 atom stereocenters. The van der Waals surface area contributed by atoms with Gasteiger partial charge in [-0.1, -0.05) is 45.9 Å². The van der Waals surface area contributed by atoms with Crippen LogP contribution in [0.3, 0.4) is 0 Å². The predicted molar refractivity (Wildman–Crippen MR) is 159 cm³/mol. The van der Waals surface area contributed by atoms with E-state index >= 15 is 0 Å². The molecular weight excluding hydrogens is 517 g/mol. The lowest BCUT2D eigenvalue weighted by molar-refractivity contribution is -0.199. The highest BCUT2D eigenvalue weighted by Gasteiger charge is 2.68. The molecule has 5 fully saturated rings. The van der Waals surface area contributed by atoms with Crippen molar-refractivity contribution < 1.29 is 23.6 Å². The summed E-state index contributed by atoms with van der Waals surface area (Å²) < 4.78 is 19.0. The van der Waals surface area contributed by atoms with Crippen molar-refractivity contribution in [2.24, 2.45) is 23.2 Å². The highest BCUT2D eigenvalue weighted by atomic mass is 16.7. The first kappa shape index (κ1) is 28.6. The average Bonchev–Trinajstić information content (AvgIpc) is 3.66. The maximum absolute atomic E-state index is 14.0. The second-order valence-electron chi connectivity index (χ2n) is 14.2. The first-order valence-electron chi connectivity index (χ1n) is 15.7. The number of carbonyl (C=O) groups is 2. The molecule has 0 spiro atoms. The molecule has 5 aliphatic rings. The largest absolute Gasteiger partial charge is 0.481 e. The number of ether oxygens (including phenoxy) is 1. The van der Waals surface area contributed by atoms with E-state index in [0.29, 0.717) is 30.6 Å². The molecule has 1 saturated heterocycles. The first-order chi connectivity index (χ1) is 19.5. The Kier molecular flexibility index (Phi) is 7.64. The molecule has 2 amide bonds. The van der Waals surface area contributed by atoms with Crippen LogP contribution in [-0.4, -0.2) is 53.9 Å². The number of carbonyl (C=O) groups excluding carboxylic acids is 2. The summed E-state index contributed by atoms with van der Waals surface area (Å²) in [5.41, 5.74) is 1.86. The Morgan fingerprint density at radius 1 is 1.12 bits per heavy atom. The smallest absolute Gasteiger partial charge is 0.446 e. The van der Waals surface area contributed by atoms with Gasteiger partial charge in [0, 0.05) is 23.5 Å². The third kappa shape index (κ3) is 5.40. The quantitative estimate of drug-likeness (QED) is 0.348. The van der Waals surface area contributed by atoms with Crippen molar-refractivity contribution in [3.63, 3.8) is 0 Å². The van der Waals surface area contributed by atoms with Gasteiger partial charge >= 0.3 is 13.2 Å². The molecule has 4 aliphatic carbocycles. The molecular formula is C32H46BN3O5. The van der Waals surface area contributed by atoms with Gasteiger partial charge in [-0.2, -0.15) is 0 Å². The SMILES string of the molecule is CC(C)C[C@H](NC(=O)[C@H](Cc1c[nH]c2ccccc12)NC(=O)OC1CCCC1)B1O[C@@H]2C[C@@H]3C[C@@H](C3(C)C)[C@]2(C)O1. The van der Waals surface area contributed by atoms with Crippen molar-refractivity contribution in [2.75, 3.05) is 0 Å². The molecule has 0 unspecified atom stereocenters. The summed E-state index contributed by atoms with van der Waals surface area (Å²) in [4.78, 5) is 30.3. The van der Waals surface area contributed by atoms with Crippen LogP contribution in [-0.2, 0) is 25.3 Å². The molecule has 41 heavy (non-hydrogen) atoms. The van der Waals surface area contributed by atoms with E-state index < -0.39 is 19.3 Å². The number of amides is 2. The molecule has 2 aromatic rings. The molecule has 2 heterocycles. The molecule has 4 saturated carbocycles. The Balaban J connectivity index is 1.20. The van der Waals surface area contributed by atoms with Gasteiger partial charge in [0.15, 0.2) is 0 Å². The first-order valence-corrected chi connectivity index (χ1v) is 15.7. The fourth-order valence-electron chi connectivity index (χ4n) is 8.16. The number of rotatable bonds is 9. The van der Waals surface area contributed by atoms with Gasteiger partial charge in [-0.05, 0) is 86.7 Å². The van der Waals surface area contributed by atoms with E-state index in [2.05, 4.69) is 50.2 Å². The predicted octanol–water partition coefficient (Wildman–Crippen LogP) is 5.55. The highest BCUT2D eigenvalue weighted by molar-refractivity contribution is 6.48. The topological polar surface area (TPSA) is 102 Å². The van der Waals surface area contributed by atoms with Crippen LogP contribution in [0.15, 0.2) is 30.5 Å². The number of para-hydroxylation sites is 1. The molecule has 3 N–H and O–H groups in total. The van der Waals surface area contributed by atoms with Gasteiger partial charge < -0.3 is 29.7 Å². The second-order valence-corrected chi connectivity index (χ2v) is 14.2. The standard InChI is InChI=1S/C32H46BN3O5/c1-19(2)14-28(33-40-27-17-21-16-26(31(21,3)4)32(27,5)41-33)36-29(37)25(35-30(38)39-22-10-6-7-11-22)15-20-18-34-24-13-9-8-12-23(20)24/h8-9,12-13,18-19,21-22,25-28,34H,6-7,10-11,14-17H2,1-5H3,(H,35,38)(H,36,37)/t21-,25-,26-,27+,28-,32-/m0/s1. The third-order valence-corrected chi connectivity index (χ3v) is 10.6. The number of benzene rings is 1. The maximum atomic E-state index is 14.0. The monoisotopic (exact) mass is 563 g/mol. The Labute approximate surface area is 244 Å². The number of H-pyrrole nitrogens is 1. The minimum absolute atomic E-state index is 0.0392. The molecule has 8 nitrogen and oxygen atoms in total. The number of aromatic nitrogens is 1. The van der Waals surface area contributed by atoms with E-state index in [-0.39, 0.29) is 35.1 Å². The minimum atomic E-state index is -0.802. The summed E-state index contributed by atoms with van der Waals surface area (Å²) in [6.45, 7) is 11.2. The normalized spacial score (nSPS) is 30.1. The molecule has 1 aromatic carbocycles. The fourth-order valence-corrected chi connectivity index (χ4v) is 8.16. The molecule has 0 radical (unpaired) electrons. The molecule has 2 bridgehead atoms. The molecule has 7 rings (SSSR count). The zero-order valence-electron chi connectivity index (χ0n) is 25.2. The van der Waals surface area contributed by atoms with E-state index in [9.17, 15) is 9.59 Å². The summed E-state index contributed by atoms with van der Waals surface area (Å²) in [6, 6.07) is 7.20. The summed E-state index contributed by atoms with van der Waals surface area (Å²) in [5.74, 6) is 0.840. The van der Waals surface area contributed by atoms with Crippen molar-refractivity contribution in [2.45, 2.75) is 116 Å². The van der Waals surface area contributed by atoms with Crippen LogP contribution >= 0.6 is 0 Å². The minimum Gasteiger partial charge on any atom is -0.446 e. The fraction of sp³-hybridized carbons (Fsp3) is 0.688. The van der Waals surface area contributed by atoms with Crippen LogP contribution in [0.2, 0.25) is 0 Å². The average molecular weight is 564 g/mol. The van der Waals surface area contributed by atoms with Crippen LogP contribution in [0.25, 0.3) is 10.9 Å². The lowest BCUT2D eigenvalue weighted by Gasteiger charge is -2.64. The summed E-state index contributed by atoms with van der Waals surface area (Å²) >= 11 is 0. The van der Waals surface area contributed by atoms with Crippen molar-refractivity contribution in [1.29, 1.82) is 0 Å². The van der Waals surface area contributed by atoms with E-state index in [1.54, 1.807) is 0 Å². The Morgan fingerprint density at radius 3 is 2.61 bits per heavy atom. The lowest BCUT2D eigenvalue weighted by atomic mass is 9.43. The van der Waals surface area contributed by atoms with E-state index in [1.807, 2.05) is 30.5 Å². The van der Waals surface area contributed by atoms with Gasteiger partial charge in [0.05, 0.1) is 17.6 Å². The van der Waals surface area contributed by atoms with Gasteiger partial charge in [-0.3, -0.25) is 4.79 Å². The third-order valence-electron chi connectivity index (χ3n) is 10.6. The summed E-state index contributed by atoms with van der Waals surface area (Å²) in [6.07, 6.45) is 8.44. The number of hydrogen-bond acceptors (Lipinski definition) is 5. The number of fused-ring (bicyclic) bond motifs is 1. The molecule has 9 heteroatoms. The van der Waals surface area contributed by atoms with Crippen LogP contribution in [0, 0.1) is 23.2 Å².